The number of ether oxygens (including phenoxy) is 4. The lowest BCUT2D eigenvalue weighted by Gasteiger charge is -2.24. The van der Waals surface area contributed by atoms with Crippen LogP contribution in [0.3, 0.4) is 0 Å². The molecule has 19 heteroatoms. The SMILES string of the molecule is O=C(OC(O)[C@@H]1O[C@H](n2cc(C=CBr)c(=O)[nH]c2=O)CC1O)OC(O)[C@@H]1O[C@H](n2cc(C=CBr)c(=O)[nH]c2=O)CC1O. The van der Waals surface area contributed by atoms with Crippen LogP contribution in [-0.4, -0.2) is 82.7 Å². The summed E-state index contributed by atoms with van der Waals surface area (Å²) < 4.78 is 22.3. The quantitative estimate of drug-likeness (QED) is 0.140. The van der Waals surface area contributed by atoms with E-state index in [1.165, 1.54) is 34.5 Å². The van der Waals surface area contributed by atoms with Crippen molar-refractivity contribution in [1.82, 2.24) is 19.1 Å². The van der Waals surface area contributed by atoms with Crippen LogP contribution in [-0.2, 0) is 18.9 Å². The number of carbonyl (C=O) groups is 1. The predicted octanol–water partition coefficient (Wildman–Crippen LogP) is -1.10. The van der Waals surface area contributed by atoms with E-state index in [4.69, 9.17) is 18.9 Å². The molecule has 2 aliphatic rings. The minimum atomic E-state index is -2.13. The average Bonchev–Trinajstić information content (AvgIpc) is 3.49. The van der Waals surface area contributed by atoms with Gasteiger partial charge in [0.25, 0.3) is 11.1 Å². The van der Waals surface area contributed by atoms with Crippen molar-refractivity contribution in [3.8, 4) is 0 Å². The van der Waals surface area contributed by atoms with Crippen molar-refractivity contribution < 1.29 is 44.2 Å². The molecule has 8 atom stereocenters. The van der Waals surface area contributed by atoms with Crippen LogP contribution in [0.25, 0.3) is 12.2 Å². The van der Waals surface area contributed by atoms with Crippen LogP contribution in [0.15, 0.2) is 41.5 Å². The van der Waals surface area contributed by atoms with Crippen LogP contribution >= 0.6 is 31.9 Å². The Morgan fingerprint density at radius 2 is 1.21 bits per heavy atom. The van der Waals surface area contributed by atoms with Crippen molar-refractivity contribution in [2.75, 3.05) is 0 Å². The summed E-state index contributed by atoms with van der Waals surface area (Å²) in [6, 6.07) is 0. The number of H-pyrrole nitrogens is 2. The molecule has 0 aromatic carbocycles. The van der Waals surface area contributed by atoms with Crippen LogP contribution < -0.4 is 22.5 Å². The lowest BCUT2D eigenvalue weighted by atomic mass is 10.1. The molecule has 228 valence electrons. The summed E-state index contributed by atoms with van der Waals surface area (Å²) >= 11 is 6.04. The molecule has 6 N–H and O–H groups in total. The van der Waals surface area contributed by atoms with Gasteiger partial charge in [-0.15, -0.1) is 0 Å². The smallest absolute Gasteiger partial charge is 0.401 e. The minimum absolute atomic E-state index is 0.0857. The fraction of sp³-hybridized carbons (Fsp3) is 0.435. The van der Waals surface area contributed by atoms with Gasteiger partial charge in [-0.3, -0.25) is 28.7 Å². The third-order valence-corrected chi connectivity index (χ3v) is 6.89. The Bertz CT molecular complexity index is 1480. The Labute approximate surface area is 250 Å². The number of aliphatic hydroxyl groups excluding tert-OH is 4. The van der Waals surface area contributed by atoms with Gasteiger partial charge >= 0.3 is 17.5 Å². The van der Waals surface area contributed by atoms with E-state index in [1.807, 2.05) is 0 Å². The highest BCUT2D eigenvalue weighted by atomic mass is 79.9. The van der Waals surface area contributed by atoms with Crippen molar-refractivity contribution in [2.45, 2.75) is 62.3 Å². The van der Waals surface area contributed by atoms with Crippen molar-refractivity contribution >= 4 is 50.2 Å². The molecule has 2 aromatic rings. The van der Waals surface area contributed by atoms with Gasteiger partial charge in [0.2, 0.25) is 12.6 Å². The first-order valence-electron chi connectivity index (χ1n) is 12.1. The highest BCUT2D eigenvalue weighted by Gasteiger charge is 2.44. The van der Waals surface area contributed by atoms with Gasteiger partial charge in [-0.1, -0.05) is 31.9 Å². The lowest BCUT2D eigenvalue weighted by Crippen LogP contribution is -2.41. The number of aromatic nitrogens is 4. The van der Waals surface area contributed by atoms with Crippen LogP contribution in [0.1, 0.15) is 36.4 Å². The Morgan fingerprint density at radius 1 is 0.833 bits per heavy atom. The molecule has 4 unspecified atom stereocenters. The molecular weight excluding hydrogens is 700 g/mol. The molecule has 2 saturated heterocycles. The van der Waals surface area contributed by atoms with Gasteiger partial charge in [0, 0.05) is 25.2 Å². The van der Waals surface area contributed by atoms with Crippen LogP contribution in [0.5, 0.6) is 0 Å². The zero-order valence-electron chi connectivity index (χ0n) is 21.1. The van der Waals surface area contributed by atoms with Crippen LogP contribution in [0.2, 0.25) is 0 Å². The molecule has 0 amide bonds. The molecule has 0 aliphatic carbocycles. The van der Waals surface area contributed by atoms with E-state index < -0.39 is 78.1 Å². The zero-order chi connectivity index (χ0) is 30.7. The molecule has 0 bridgehead atoms. The molecule has 2 aliphatic heterocycles. The van der Waals surface area contributed by atoms with E-state index in [1.54, 1.807) is 0 Å². The normalized spacial score (nSPS) is 27.5. The average molecular weight is 724 g/mol. The molecule has 4 heterocycles. The van der Waals surface area contributed by atoms with Crippen LogP contribution in [0, 0.1) is 0 Å². The van der Waals surface area contributed by atoms with Crippen molar-refractivity contribution in [3.05, 3.63) is 75.2 Å². The van der Waals surface area contributed by atoms with Gasteiger partial charge in [0.15, 0.2) is 0 Å². The third kappa shape index (κ3) is 6.89. The third-order valence-electron chi connectivity index (χ3n) is 6.37. The summed E-state index contributed by atoms with van der Waals surface area (Å²) in [4.78, 5) is 67.5. The maximum absolute atomic E-state index is 12.3. The number of halogens is 2. The fourth-order valence-electron chi connectivity index (χ4n) is 4.37. The van der Waals surface area contributed by atoms with Gasteiger partial charge in [-0.2, -0.15) is 0 Å². The number of carbonyl (C=O) groups excluding carboxylic acids is 1. The van der Waals surface area contributed by atoms with E-state index >= 15 is 0 Å². The molecule has 0 saturated carbocycles. The summed E-state index contributed by atoms with van der Waals surface area (Å²) in [5.74, 6) is 0. The van der Waals surface area contributed by atoms with E-state index in [2.05, 4.69) is 41.8 Å². The molecule has 42 heavy (non-hydrogen) atoms. The van der Waals surface area contributed by atoms with Crippen molar-refractivity contribution in [2.24, 2.45) is 0 Å². The Hall–Kier alpha value is -3.17. The number of hydrogen-bond acceptors (Lipinski definition) is 13. The fourth-order valence-corrected chi connectivity index (χ4v) is 4.94. The molecular formula is C23H24Br2N4O13. The first-order valence-corrected chi connectivity index (χ1v) is 13.9. The van der Waals surface area contributed by atoms with Crippen molar-refractivity contribution in [3.63, 3.8) is 0 Å². The molecule has 17 nitrogen and oxygen atoms in total. The highest BCUT2D eigenvalue weighted by Crippen LogP contribution is 2.32. The van der Waals surface area contributed by atoms with E-state index in [9.17, 15) is 44.4 Å². The summed E-state index contributed by atoms with van der Waals surface area (Å²) in [6.45, 7) is 0. The number of aromatic amines is 2. The standard InChI is InChI=1S/C23H24Br2N4O13/c24-3-1-9-7-28(21(36)26-17(9)32)13-5-11(30)15(39-13)19(34)41-23(38)42-20(35)16-12(31)6-14(40-16)29-8-10(2-4-25)18(33)27-22(29)37/h1-4,7-8,11-16,19-20,30-31,34-35H,5-6H2,(H,26,32,36)(H,27,33,37)/t11?,12?,13-,14-,15+,16+,19?,20?/m0/s1. The Balaban J connectivity index is 1.37. The van der Waals surface area contributed by atoms with E-state index in [-0.39, 0.29) is 24.0 Å². The van der Waals surface area contributed by atoms with Gasteiger partial charge in [0.05, 0.1) is 23.3 Å². The van der Waals surface area contributed by atoms with Crippen molar-refractivity contribution in [1.29, 1.82) is 0 Å². The lowest BCUT2D eigenvalue weighted by molar-refractivity contribution is -0.210. The number of nitrogens with one attached hydrogen (secondary N) is 2. The topological polar surface area (TPSA) is 245 Å². The molecule has 0 radical (unpaired) electrons. The van der Waals surface area contributed by atoms with Gasteiger partial charge in [-0.05, 0) is 22.1 Å². The van der Waals surface area contributed by atoms with Gasteiger partial charge in [-0.25, -0.2) is 14.4 Å². The van der Waals surface area contributed by atoms with E-state index in [0.717, 1.165) is 9.13 Å². The van der Waals surface area contributed by atoms with Gasteiger partial charge in [0.1, 0.15) is 24.7 Å². The molecule has 2 fully saturated rings. The highest BCUT2D eigenvalue weighted by molar-refractivity contribution is 9.11. The van der Waals surface area contributed by atoms with Gasteiger partial charge < -0.3 is 39.4 Å². The Kier molecular flexibility index (Phi) is 10.1. The zero-order valence-corrected chi connectivity index (χ0v) is 24.3. The van der Waals surface area contributed by atoms with Crippen LogP contribution in [0.4, 0.5) is 4.79 Å². The molecule has 4 rings (SSSR count). The monoisotopic (exact) mass is 722 g/mol. The molecule has 0 spiro atoms. The summed E-state index contributed by atoms with van der Waals surface area (Å²) in [5, 5.41) is 41.4. The molecule has 2 aromatic heterocycles. The first-order chi connectivity index (χ1) is 19.9. The maximum Gasteiger partial charge on any atom is 0.513 e. The predicted molar refractivity (Wildman–Crippen MR) is 147 cm³/mol. The Morgan fingerprint density at radius 3 is 1.57 bits per heavy atom. The second-order valence-electron chi connectivity index (χ2n) is 9.07. The number of nitrogens with zero attached hydrogens (tertiary/aromatic N) is 2. The van der Waals surface area contributed by atoms with E-state index in [0.29, 0.717) is 0 Å². The maximum atomic E-state index is 12.3. The second-order valence-corrected chi connectivity index (χ2v) is 10.1. The summed E-state index contributed by atoms with van der Waals surface area (Å²) in [5.41, 5.74) is -2.87. The number of aliphatic hydroxyl groups is 4. The number of hydrogen-bond donors (Lipinski definition) is 6. The minimum Gasteiger partial charge on any atom is -0.401 e. The second kappa shape index (κ2) is 13.4. The summed E-state index contributed by atoms with van der Waals surface area (Å²) in [6.07, 6.45) is -9.56. The first kappa shape index (κ1) is 31.8. The summed E-state index contributed by atoms with van der Waals surface area (Å²) in [7, 11) is 0. The number of rotatable bonds is 8. The largest absolute Gasteiger partial charge is 0.513 e.